The van der Waals surface area contributed by atoms with Gasteiger partial charge in [-0.15, -0.1) is 0 Å². The first-order valence-corrected chi connectivity index (χ1v) is 26.6. The molecule has 0 atom stereocenters. The van der Waals surface area contributed by atoms with Crippen molar-refractivity contribution < 1.29 is 0 Å². The van der Waals surface area contributed by atoms with Crippen LogP contribution in [0.15, 0.2) is 279 Å². The number of rotatable bonds is 13. The Morgan fingerprint density at radius 3 is 1.03 bits per heavy atom. The van der Waals surface area contributed by atoms with Crippen LogP contribution in [0.4, 0.5) is 34.1 Å². The fourth-order valence-corrected chi connectivity index (χ4v) is 11.3. The molecule has 0 saturated heterocycles. The van der Waals surface area contributed by atoms with E-state index in [4.69, 9.17) is 11.6 Å². The smallest absolute Gasteiger partial charge is 0.0888 e. The predicted molar refractivity (Wildman–Crippen MR) is 323 cm³/mol. The van der Waals surface area contributed by atoms with E-state index in [1.54, 1.807) is 0 Å². The van der Waals surface area contributed by atoms with Crippen molar-refractivity contribution in [3.63, 3.8) is 0 Å². The number of benzene rings is 11. The predicted octanol–water partition coefficient (Wildman–Crippen LogP) is 20.4. The molecule has 0 aliphatic heterocycles. The highest BCUT2D eigenvalue weighted by atomic mass is 35.5. The van der Waals surface area contributed by atoms with Gasteiger partial charge in [-0.1, -0.05) is 246 Å². The molecule has 12 rings (SSSR count). The highest BCUT2D eigenvalue weighted by Crippen LogP contribution is 2.51. The quantitative estimate of drug-likeness (QED) is 0.114. The molecule has 0 radical (unpaired) electrons. The van der Waals surface area contributed by atoms with Gasteiger partial charge in [-0.3, -0.25) is 0 Å². The summed E-state index contributed by atoms with van der Waals surface area (Å²) in [7, 11) is 0. The van der Waals surface area contributed by atoms with Crippen molar-refractivity contribution in [3.8, 4) is 27.9 Å². The van der Waals surface area contributed by atoms with Crippen molar-refractivity contribution in [3.05, 3.63) is 306 Å². The first-order valence-electron chi connectivity index (χ1n) is 26.2. The summed E-state index contributed by atoms with van der Waals surface area (Å²) in [6, 6.07) is 101. The minimum Gasteiger partial charge on any atom is -0.309 e. The monoisotopic (exact) mass is 999 g/mol. The lowest BCUT2D eigenvalue weighted by Crippen LogP contribution is -2.20. The molecule has 0 aliphatic carbocycles. The Labute approximate surface area is 452 Å². The molecule has 0 spiro atoms. The second kappa shape index (κ2) is 20.1. The van der Waals surface area contributed by atoms with Gasteiger partial charge in [0.15, 0.2) is 0 Å². The van der Waals surface area contributed by atoms with Crippen LogP contribution in [0.2, 0.25) is 5.02 Å². The molecule has 76 heavy (non-hydrogen) atoms. The molecule has 3 nitrogen and oxygen atoms in total. The maximum atomic E-state index is 8.38. The highest BCUT2D eigenvalue weighted by molar-refractivity contribution is 6.37. The molecule has 0 fully saturated rings. The molecule has 0 bridgehead atoms. The van der Waals surface area contributed by atoms with E-state index in [2.05, 4.69) is 321 Å². The molecule has 0 aliphatic rings. The van der Waals surface area contributed by atoms with Gasteiger partial charge in [0.05, 0.1) is 33.1 Å². The number of anilines is 6. The number of aromatic nitrogens is 1. The van der Waals surface area contributed by atoms with E-state index in [1.165, 1.54) is 33.0 Å². The van der Waals surface area contributed by atoms with Crippen molar-refractivity contribution in [2.24, 2.45) is 0 Å². The number of fused-ring (bicyclic) bond motifs is 3. The van der Waals surface area contributed by atoms with Crippen molar-refractivity contribution >= 4 is 67.5 Å². The second-order valence-corrected chi connectivity index (χ2v) is 21.1. The van der Waals surface area contributed by atoms with E-state index in [9.17, 15) is 0 Å². The third kappa shape index (κ3) is 8.93. The lowest BCUT2D eigenvalue weighted by Gasteiger charge is -2.34. The number of nitrogens with zero attached hydrogens (tertiary/aromatic N) is 3. The molecule has 0 amide bonds. The average Bonchev–Trinajstić information content (AvgIpc) is 3.88. The minimum absolute atomic E-state index is 0.304. The Morgan fingerprint density at radius 2 is 0.632 bits per heavy atom. The fraction of sp³-hybridized carbons (Fsp3) is 0.0833. The summed E-state index contributed by atoms with van der Waals surface area (Å²) < 4.78 is 2.41. The van der Waals surface area contributed by atoms with E-state index < -0.39 is 0 Å². The number of hydrogen-bond acceptors (Lipinski definition) is 2. The summed E-state index contributed by atoms with van der Waals surface area (Å²) in [5, 5.41) is 2.97. The van der Waals surface area contributed by atoms with Crippen LogP contribution in [0.1, 0.15) is 49.9 Å². The van der Waals surface area contributed by atoms with Gasteiger partial charge in [0.1, 0.15) is 0 Å². The summed E-state index contributed by atoms with van der Waals surface area (Å²) in [6.45, 7) is 9.23. The van der Waals surface area contributed by atoms with Crippen LogP contribution in [-0.2, 0) is 10.8 Å². The largest absolute Gasteiger partial charge is 0.309 e. The number of para-hydroxylation sites is 2. The van der Waals surface area contributed by atoms with Gasteiger partial charge in [0.2, 0.25) is 0 Å². The molecule has 12 aromatic rings. The molecule has 1 heterocycles. The maximum Gasteiger partial charge on any atom is 0.0888 e. The van der Waals surface area contributed by atoms with Gasteiger partial charge in [-0.2, -0.15) is 0 Å². The fourth-order valence-electron chi connectivity index (χ4n) is 11.1. The first kappa shape index (κ1) is 48.1. The first-order chi connectivity index (χ1) is 37.1. The number of halogens is 1. The molecule has 368 valence electrons. The van der Waals surface area contributed by atoms with Gasteiger partial charge >= 0.3 is 0 Å². The normalized spacial score (nSPS) is 11.8. The third-order valence-corrected chi connectivity index (χ3v) is 15.8. The van der Waals surface area contributed by atoms with Crippen LogP contribution in [-0.4, -0.2) is 4.57 Å². The van der Waals surface area contributed by atoms with Crippen molar-refractivity contribution in [2.75, 3.05) is 9.80 Å². The summed E-state index contributed by atoms with van der Waals surface area (Å²) in [4.78, 5) is 4.71. The van der Waals surface area contributed by atoms with Crippen molar-refractivity contribution in [1.82, 2.24) is 4.57 Å². The topological polar surface area (TPSA) is 11.4 Å². The Balaban J connectivity index is 1.15. The maximum absolute atomic E-state index is 8.38. The SMILES string of the molecule is CC(C)(c1ccccc1)c1cccc(N(c2ccc(-c3ccccc3)cc2)c2cc(-n3c4ccccc4c4ccccc43)cc(N(c3ccc(-c4ccccc4)cc3)c3cccc(C(C)(C)c4ccccc4)c3)c2Cl)c1. The zero-order valence-corrected chi connectivity index (χ0v) is 44.0. The van der Waals surface area contributed by atoms with Gasteiger partial charge < -0.3 is 14.4 Å². The summed E-state index contributed by atoms with van der Waals surface area (Å²) >= 11 is 8.38. The van der Waals surface area contributed by atoms with E-state index in [0.29, 0.717) is 5.02 Å². The lowest BCUT2D eigenvalue weighted by atomic mass is 9.78. The molecule has 1 aromatic heterocycles. The minimum atomic E-state index is -0.304. The van der Waals surface area contributed by atoms with Crippen LogP contribution in [0, 0.1) is 0 Å². The Hall–Kier alpha value is -8.89. The Bertz CT molecular complexity index is 3720. The molecular weight excluding hydrogens is 942 g/mol. The van der Waals surface area contributed by atoms with Crippen molar-refractivity contribution in [2.45, 2.75) is 38.5 Å². The molecular formula is C72H58ClN3. The third-order valence-electron chi connectivity index (χ3n) is 15.4. The van der Waals surface area contributed by atoms with E-state index in [0.717, 1.165) is 73.1 Å². The van der Waals surface area contributed by atoms with Crippen LogP contribution in [0.25, 0.3) is 49.7 Å². The van der Waals surface area contributed by atoms with Crippen LogP contribution < -0.4 is 9.80 Å². The molecule has 0 saturated carbocycles. The number of hydrogen-bond donors (Lipinski definition) is 0. The van der Waals surface area contributed by atoms with Crippen LogP contribution in [0.3, 0.4) is 0 Å². The van der Waals surface area contributed by atoms with E-state index in [1.807, 2.05) is 0 Å². The summed E-state index contributed by atoms with van der Waals surface area (Å²) in [5.74, 6) is 0. The summed E-state index contributed by atoms with van der Waals surface area (Å²) in [5.41, 5.74) is 17.7. The zero-order chi connectivity index (χ0) is 51.8. The van der Waals surface area contributed by atoms with Crippen LogP contribution in [0.5, 0.6) is 0 Å². The average molecular weight is 1000 g/mol. The van der Waals surface area contributed by atoms with Crippen LogP contribution >= 0.6 is 11.6 Å². The van der Waals surface area contributed by atoms with Crippen molar-refractivity contribution in [1.29, 1.82) is 0 Å². The van der Waals surface area contributed by atoms with Gasteiger partial charge in [-0.25, -0.2) is 0 Å². The highest BCUT2D eigenvalue weighted by Gasteiger charge is 2.30. The molecule has 11 aromatic carbocycles. The standard InChI is InChI=1S/C72H58ClN3/c1-71(2,55-27-13-7-14-28-55)57-31-21-33-61(47-57)74(59-43-39-53(40-44-59)51-23-9-5-10-24-51)68-49-63(76-66-37-19-17-35-64(66)65-36-18-20-38-67(65)76)50-69(70(68)73)75(60-45-41-54(42-46-60)52-25-11-6-12-26-52)62-34-22-32-58(48-62)72(3,4)56-29-15-8-16-30-56/h5-50H,1-4H3. The Kier molecular flexibility index (Phi) is 12.7. The van der Waals surface area contributed by atoms with Gasteiger partial charge in [-0.05, 0) is 117 Å². The second-order valence-electron chi connectivity index (χ2n) is 20.7. The van der Waals surface area contributed by atoms with E-state index >= 15 is 0 Å². The van der Waals surface area contributed by atoms with Gasteiger partial charge in [0.25, 0.3) is 0 Å². The zero-order valence-electron chi connectivity index (χ0n) is 43.3. The van der Waals surface area contributed by atoms with Gasteiger partial charge in [0, 0.05) is 44.4 Å². The Morgan fingerprint density at radius 1 is 0.303 bits per heavy atom. The lowest BCUT2D eigenvalue weighted by molar-refractivity contribution is 0.641. The molecule has 0 N–H and O–H groups in total. The summed E-state index contributed by atoms with van der Waals surface area (Å²) in [6.07, 6.45) is 0. The molecule has 4 heteroatoms. The van der Waals surface area contributed by atoms with E-state index in [-0.39, 0.29) is 10.8 Å². The molecule has 0 unspecified atom stereocenters.